The zero-order valence-corrected chi connectivity index (χ0v) is 34.2. The summed E-state index contributed by atoms with van der Waals surface area (Å²) in [4.78, 5) is 40.4. The molecule has 3 aromatic heterocycles. The second kappa shape index (κ2) is 16.1. The molecule has 3 N–H and O–H groups in total. The lowest BCUT2D eigenvalue weighted by molar-refractivity contribution is -0.660. The minimum absolute atomic E-state index is 0.0736. The van der Waals surface area contributed by atoms with Crippen LogP contribution in [0.4, 0.5) is 11.5 Å². The maximum Gasteiger partial charge on any atom is 0.313 e. The molecule has 0 radical (unpaired) electrons. The summed E-state index contributed by atoms with van der Waals surface area (Å²) in [5.41, 5.74) is 11.6. The maximum atomic E-state index is 14.4. The number of aryl methyl sites for hydroxylation is 2. The number of nitrogens with zero attached hydrogens (tertiary/aromatic N) is 9. The van der Waals surface area contributed by atoms with E-state index in [1.54, 1.807) is 23.5 Å². The molecule has 2 aliphatic rings. The minimum atomic E-state index is -0.873. The first kappa shape index (κ1) is 38.9. The first-order chi connectivity index (χ1) is 27.9. The number of piperazine rings is 1. The predicted octanol–water partition coefficient (Wildman–Crippen LogP) is 6.20. The summed E-state index contributed by atoms with van der Waals surface area (Å²) in [7, 11) is 1.90. The number of carbonyl (C=O) groups is 1. The van der Waals surface area contributed by atoms with E-state index in [1.807, 2.05) is 99.5 Å². The van der Waals surface area contributed by atoms with Crippen LogP contribution in [0.1, 0.15) is 56.1 Å². The Morgan fingerprint density at radius 2 is 1.69 bits per heavy atom. The highest BCUT2D eigenvalue weighted by Gasteiger charge is 2.48. The van der Waals surface area contributed by atoms with E-state index in [2.05, 4.69) is 42.5 Å². The highest BCUT2D eigenvalue weighted by Crippen LogP contribution is 2.34. The molecule has 8 rings (SSSR count). The molecule has 1 amide bonds. The van der Waals surface area contributed by atoms with Gasteiger partial charge in [-0.15, -0.1) is 27.0 Å². The summed E-state index contributed by atoms with van der Waals surface area (Å²) in [5, 5.41) is 35.7. The van der Waals surface area contributed by atoms with Crippen molar-refractivity contribution in [2.45, 2.75) is 58.3 Å². The van der Waals surface area contributed by atoms with Gasteiger partial charge in [0.2, 0.25) is 5.91 Å². The Balaban J connectivity index is 0.921. The predicted molar refractivity (Wildman–Crippen MR) is 225 cm³/mol. The molecule has 15 heteroatoms. The number of aromatic nitrogens is 5. The van der Waals surface area contributed by atoms with Gasteiger partial charge in [0.05, 0.1) is 62.9 Å². The van der Waals surface area contributed by atoms with Gasteiger partial charge in [-0.3, -0.25) is 14.4 Å². The van der Waals surface area contributed by atoms with Crippen LogP contribution in [-0.4, -0.2) is 95.8 Å². The summed E-state index contributed by atoms with van der Waals surface area (Å²) < 4.78 is 1.84. The number of aliphatic hydroxyl groups is 1. The molecule has 2 fully saturated rings. The lowest BCUT2D eigenvalue weighted by Gasteiger charge is -2.37. The van der Waals surface area contributed by atoms with Gasteiger partial charge >= 0.3 is 6.17 Å². The number of phenolic OH excluding ortho intramolecular Hbond substituents is 1. The molecule has 0 saturated carbocycles. The third kappa shape index (κ3) is 7.71. The Labute approximate surface area is 341 Å². The Morgan fingerprint density at radius 3 is 2.40 bits per heavy atom. The van der Waals surface area contributed by atoms with Crippen molar-refractivity contribution in [1.82, 2.24) is 35.3 Å². The number of amides is 1. The van der Waals surface area contributed by atoms with Crippen LogP contribution in [0.2, 0.25) is 0 Å². The van der Waals surface area contributed by atoms with E-state index >= 15 is 0 Å². The molecule has 3 aromatic carbocycles. The number of phenols is 1. The van der Waals surface area contributed by atoms with Gasteiger partial charge in [-0.05, 0) is 61.2 Å². The number of nitrogens with one attached hydrogen (secondary N) is 1. The maximum absolute atomic E-state index is 14.4. The second-order valence-electron chi connectivity index (χ2n) is 15.7. The Morgan fingerprint density at radius 1 is 0.948 bits per heavy atom. The van der Waals surface area contributed by atoms with Gasteiger partial charge in [-0.2, -0.15) is 5.10 Å². The first-order valence-corrected chi connectivity index (χ1v) is 20.6. The average molecular weight is 802 g/mol. The van der Waals surface area contributed by atoms with Crippen LogP contribution >= 0.6 is 11.3 Å². The number of β-amino-alcohol motifs (C(OH)–C–C–N with tert-alkyl or cyclic N) is 1. The number of hydrazine groups is 1. The fraction of sp³-hybridized carbons (Fsp3) is 0.372. The van der Waals surface area contributed by atoms with Crippen LogP contribution in [0, 0.1) is 17.7 Å². The van der Waals surface area contributed by atoms with E-state index in [0.717, 1.165) is 75.2 Å². The van der Waals surface area contributed by atoms with Gasteiger partial charge in [0.15, 0.2) is 0 Å². The number of hydrogen-bond donors (Lipinski definition) is 3. The summed E-state index contributed by atoms with van der Waals surface area (Å²) >= 11 is 1.59. The molecule has 4 atom stereocenters. The van der Waals surface area contributed by atoms with Crippen molar-refractivity contribution in [3.8, 4) is 27.4 Å². The van der Waals surface area contributed by atoms with Crippen molar-refractivity contribution in [3.05, 3.63) is 106 Å². The van der Waals surface area contributed by atoms with Gasteiger partial charge in [0, 0.05) is 55.9 Å². The van der Waals surface area contributed by atoms with E-state index in [4.69, 9.17) is 5.10 Å². The Bertz CT molecular complexity index is 2440. The topological polar surface area (TPSA) is 156 Å². The molecule has 58 heavy (non-hydrogen) atoms. The number of hydrogen-bond acceptors (Lipinski definition) is 11. The van der Waals surface area contributed by atoms with Gasteiger partial charge in [0.25, 0.3) is 0 Å². The molecule has 5 heterocycles. The number of nitroso groups, excluding NO2 is 1. The van der Waals surface area contributed by atoms with Crippen molar-refractivity contribution >= 4 is 39.7 Å². The number of benzene rings is 3. The molecule has 14 nitrogen and oxygen atoms in total. The average Bonchev–Trinajstić information content (AvgIpc) is 3.95. The molecule has 0 aliphatic carbocycles. The van der Waals surface area contributed by atoms with Crippen LogP contribution in [0.15, 0.2) is 84.4 Å². The molecule has 2 saturated heterocycles. The molecule has 1 unspecified atom stereocenters. The van der Waals surface area contributed by atoms with E-state index in [-0.39, 0.29) is 36.6 Å². The molecule has 0 bridgehead atoms. The third-order valence-electron chi connectivity index (χ3n) is 11.4. The first-order valence-electron chi connectivity index (χ1n) is 19.8. The third-order valence-corrected chi connectivity index (χ3v) is 12.4. The van der Waals surface area contributed by atoms with Crippen LogP contribution in [0.5, 0.6) is 5.75 Å². The zero-order valence-electron chi connectivity index (χ0n) is 33.4. The van der Waals surface area contributed by atoms with Crippen LogP contribution < -0.4 is 15.2 Å². The standard InChI is InChI=1S/C43H48N10O4S/c1-26(2)41(43(56)52-24-33(54)22-40(52)53(57)47-27(3)29-10-12-30(13-11-29)42-28(4)44-25-58-42)37-23-39(49(5)48-37)51-18-16-50(17-19-51)32-15-14-31-20-36(46-45-35(31)21-32)34-8-6-7-9-38(34)55/h6-15,20-21,23,25-27,33,40-41,54H,16-19,22,24H2,1-5H3,(H-,46,47,55,57)/p+1/t27-,33+,40+,41?/m0/s1. The zero-order chi connectivity index (χ0) is 40.7. The van der Waals surface area contributed by atoms with Crippen molar-refractivity contribution in [2.24, 2.45) is 13.0 Å². The van der Waals surface area contributed by atoms with E-state index in [0.29, 0.717) is 17.0 Å². The number of thiazole rings is 1. The van der Waals surface area contributed by atoms with E-state index in [9.17, 15) is 19.9 Å². The largest absolute Gasteiger partial charge is 0.507 e. The SMILES string of the molecule is Cc1ncsc1-c1ccc([C@H](C)N[N+](=O)[C@@H]2C[C@@H](O)CN2C(=O)C(c2cc(N3CCN(c4ccc5cc(-c6ccccc6O)nnc5c4)CC3)n(C)n2)C(C)C)cc1. The normalized spacial score (nSPS) is 18.2. The minimum Gasteiger partial charge on any atom is -0.507 e. The number of carbonyl (C=O) groups excluding carboxylic acids is 1. The summed E-state index contributed by atoms with van der Waals surface area (Å²) in [6, 6.07) is 25.0. The quantitative estimate of drug-likeness (QED) is 0.101. The smallest absolute Gasteiger partial charge is 0.313 e. The fourth-order valence-electron chi connectivity index (χ4n) is 8.20. The van der Waals surface area contributed by atoms with Crippen molar-refractivity contribution in [2.75, 3.05) is 42.5 Å². The molecule has 2 aliphatic heterocycles. The number of aromatic hydroxyl groups is 1. The molecular formula is C43H49N10O4S+. The second-order valence-corrected chi connectivity index (χ2v) is 16.5. The number of para-hydroxylation sites is 1. The number of fused-ring (bicyclic) bond motifs is 1. The van der Waals surface area contributed by atoms with E-state index in [1.165, 1.54) is 4.90 Å². The molecular weight excluding hydrogens is 753 g/mol. The Hall–Kier alpha value is -5.93. The van der Waals surface area contributed by atoms with Gasteiger partial charge < -0.3 is 20.0 Å². The van der Waals surface area contributed by atoms with Gasteiger partial charge in [0.1, 0.15) is 22.5 Å². The lowest BCUT2D eigenvalue weighted by atomic mass is 9.91. The van der Waals surface area contributed by atoms with Gasteiger partial charge in [-0.25, -0.2) is 4.98 Å². The number of likely N-dealkylation sites (tertiary alicyclic amines) is 1. The molecule has 6 aromatic rings. The molecule has 300 valence electrons. The van der Waals surface area contributed by atoms with E-state index < -0.39 is 18.2 Å². The monoisotopic (exact) mass is 801 g/mol. The highest BCUT2D eigenvalue weighted by molar-refractivity contribution is 7.13. The summed E-state index contributed by atoms with van der Waals surface area (Å²) in [5.74, 6) is 0.155. The van der Waals surface area contributed by atoms with Gasteiger partial charge in [-0.1, -0.05) is 56.3 Å². The van der Waals surface area contributed by atoms with Crippen molar-refractivity contribution in [3.63, 3.8) is 0 Å². The summed E-state index contributed by atoms with van der Waals surface area (Å²) in [6.45, 7) is 11.0. The Kier molecular flexibility index (Phi) is 10.8. The number of anilines is 2. The van der Waals surface area contributed by atoms with Crippen LogP contribution in [0.25, 0.3) is 32.6 Å². The highest BCUT2D eigenvalue weighted by atomic mass is 32.1. The number of rotatable bonds is 11. The molecule has 0 spiro atoms. The van der Waals surface area contributed by atoms with Crippen LogP contribution in [0.3, 0.4) is 0 Å². The summed E-state index contributed by atoms with van der Waals surface area (Å²) in [6.07, 6.45) is -1.55. The lowest BCUT2D eigenvalue weighted by Crippen LogP contribution is -2.49. The van der Waals surface area contributed by atoms with Crippen LogP contribution in [-0.2, 0) is 11.8 Å². The van der Waals surface area contributed by atoms with Crippen molar-refractivity contribution < 1.29 is 19.9 Å². The number of aliphatic hydroxyl groups excluding tert-OH is 1. The fourth-order valence-corrected chi connectivity index (χ4v) is 9.01. The van der Waals surface area contributed by atoms with Crippen molar-refractivity contribution in [1.29, 1.82) is 0 Å².